The predicted molar refractivity (Wildman–Crippen MR) is 136 cm³/mol. The lowest BCUT2D eigenvalue weighted by atomic mass is 9.93. The molecule has 8 rings (SSSR count). The largest absolute Gasteiger partial charge is 0.375 e. The van der Waals surface area contributed by atoms with E-state index in [1.807, 2.05) is 7.05 Å². The minimum atomic E-state index is -0.737. The SMILES string of the molecule is CN[C@H]1C[C@@H]2O[C@](C)([C@H]1OC)n1c3ccccc3c3c4c(c5c6ccccc6n2c5c31)[C@@H](O)NC4. The first-order chi connectivity index (χ1) is 17.1. The van der Waals surface area contributed by atoms with Crippen molar-refractivity contribution in [2.45, 2.75) is 50.2 Å². The van der Waals surface area contributed by atoms with E-state index in [0.717, 1.165) is 44.8 Å². The van der Waals surface area contributed by atoms with E-state index in [4.69, 9.17) is 9.47 Å². The Kier molecular flexibility index (Phi) is 3.84. The number of likely N-dealkylation sites (N-methyl/N-ethyl adjacent to an activating group) is 1. The van der Waals surface area contributed by atoms with E-state index in [-0.39, 0.29) is 18.4 Å². The number of nitrogens with zero attached hydrogens (tertiary/aromatic N) is 2. The molecule has 5 heterocycles. The van der Waals surface area contributed by atoms with Crippen molar-refractivity contribution >= 4 is 43.6 Å². The second kappa shape index (κ2) is 6.63. The van der Waals surface area contributed by atoms with E-state index in [2.05, 4.69) is 75.2 Å². The molecule has 0 radical (unpaired) electrons. The smallest absolute Gasteiger partial charge is 0.173 e. The Morgan fingerprint density at radius 3 is 2.51 bits per heavy atom. The Morgan fingerprint density at radius 1 is 1.06 bits per heavy atom. The highest BCUT2D eigenvalue weighted by atomic mass is 16.6. The van der Waals surface area contributed by atoms with Crippen LogP contribution in [0.5, 0.6) is 0 Å². The van der Waals surface area contributed by atoms with Crippen LogP contribution in [0.15, 0.2) is 48.5 Å². The molecule has 5 aromatic rings. The molecule has 35 heavy (non-hydrogen) atoms. The van der Waals surface area contributed by atoms with Crippen molar-refractivity contribution in [2.24, 2.45) is 0 Å². The number of methoxy groups -OCH3 is 1. The Balaban J connectivity index is 1.71. The van der Waals surface area contributed by atoms with Gasteiger partial charge in [0.25, 0.3) is 0 Å². The molecular weight excluding hydrogens is 440 g/mol. The number of ether oxygens (including phenoxy) is 2. The first-order valence-corrected chi connectivity index (χ1v) is 12.4. The lowest BCUT2D eigenvalue weighted by Gasteiger charge is -2.48. The van der Waals surface area contributed by atoms with E-state index in [1.54, 1.807) is 7.11 Å². The highest BCUT2D eigenvalue weighted by molar-refractivity contribution is 6.25. The Morgan fingerprint density at radius 2 is 1.77 bits per heavy atom. The second-order valence-electron chi connectivity index (χ2n) is 10.3. The fourth-order valence-electron chi connectivity index (χ4n) is 7.47. The van der Waals surface area contributed by atoms with Gasteiger partial charge >= 0.3 is 0 Å². The van der Waals surface area contributed by atoms with Gasteiger partial charge < -0.3 is 29.0 Å². The summed E-state index contributed by atoms with van der Waals surface area (Å²) in [6.07, 6.45) is -0.296. The van der Waals surface area contributed by atoms with Crippen molar-refractivity contribution in [2.75, 3.05) is 14.2 Å². The molecule has 0 spiro atoms. The predicted octanol–water partition coefficient (Wildman–Crippen LogP) is 4.20. The second-order valence-corrected chi connectivity index (χ2v) is 10.3. The van der Waals surface area contributed by atoms with Crippen LogP contribution in [-0.2, 0) is 21.7 Å². The molecule has 1 saturated heterocycles. The number of aliphatic hydroxyl groups is 1. The van der Waals surface area contributed by atoms with Gasteiger partial charge in [-0.1, -0.05) is 36.4 Å². The molecule has 7 heteroatoms. The van der Waals surface area contributed by atoms with Crippen molar-refractivity contribution in [1.29, 1.82) is 0 Å². The van der Waals surface area contributed by atoms with Crippen molar-refractivity contribution in [3.8, 4) is 0 Å². The zero-order valence-electron chi connectivity index (χ0n) is 20.0. The van der Waals surface area contributed by atoms with Gasteiger partial charge in [0.2, 0.25) is 0 Å². The van der Waals surface area contributed by atoms with Crippen LogP contribution in [0.2, 0.25) is 0 Å². The summed E-state index contributed by atoms with van der Waals surface area (Å²) in [6, 6.07) is 17.2. The molecular formula is C28H28N4O3. The quantitative estimate of drug-likeness (QED) is 0.362. The number of aliphatic hydroxyl groups excluding tert-OH is 1. The molecule has 0 unspecified atom stereocenters. The van der Waals surface area contributed by atoms with Crippen LogP contribution in [0.25, 0.3) is 43.6 Å². The minimum absolute atomic E-state index is 0.101. The van der Waals surface area contributed by atoms with Crippen LogP contribution in [0.1, 0.15) is 36.9 Å². The number of aromatic nitrogens is 2. The van der Waals surface area contributed by atoms with Crippen molar-refractivity contribution in [3.05, 3.63) is 59.7 Å². The normalized spacial score (nSPS) is 29.6. The third-order valence-corrected chi connectivity index (χ3v) is 8.73. The molecule has 5 atom stereocenters. The molecule has 3 aromatic carbocycles. The summed E-state index contributed by atoms with van der Waals surface area (Å²) in [7, 11) is 3.79. The third-order valence-electron chi connectivity index (χ3n) is 8.73. The lowest BCUT2D eigenvalue weighted by molar-refractivity contribution is -0.256. The molecule has 0 amide bonds. The molecule has 178 valence electrons. The van der Waals surface area contributed by atoms with Crippen molar-refractivity contribution < 1.29 is 14.6 Å². The van der Waals surface area contributed by atoms with E-state index < -0.39 is 12.0 Å². The monoisotopic (exact) mass is 468 g/mol. The summed E-state index contributed by atoms with van der Waals surface area (Å²) in [5.74, 6) is 0. The average molecular weight is 469 g/mol. The first kappa shape index (κ1) is 20.3. The summed E-state index contributed by atoms with van der Waals surface area (Å²) in [6.45, 7) is 2.80. The molecule has 3 aliphatic rings. The summed E-state index contributed by atoms with van der Waals surface area (Å²) in [5, 5.41) is 22.7. The number of hydrogen-bond donors (Lipinski definition) is 3. The number of para-hydroxylation sites is 2. The van der Waals surface area contributed by atoms with Crippen LogP contribution in [0.3, 0.4) is 0 Å². The van der Waals surface area contributed by atoms with E-state index in [0.29, 0.717) is 6.54 Å². The molecule has 7 nitrogen and oxygen atoms in total. The van der Waals surface area contributed by atoms with Gasteiger partial charge in [-0.15, -0.1) is 0 Å². The van der Waals surface area contributed by atoms with Crippen LogP contribution in [0.4, 0.5) is 0 Å². The van der Waals surface area contributed by atoms with Crippen LogP contribution < -0.4 is 10.6 Å². The van der Waals surface area contributed by atoms with E-state index in [1.165, 1.54) is 16.3 Å². The number of nitrogens with one attached hydrogen (secondary N) is 2. The molecule has 2 bridgehead atoms. The maximum atomic E-state index is 11.2. The van der Waals surface area contributed by atoms with E-state index in [9.17, 15) is 5.11 Å². The molecule has 0 aliphatic carbocycles. The summed E-state index contributed by atoms with van der Waals surface area (Å²) in [5.41, 5.74) is 6.00. The maximum absolute atomic E-state index is 11.2. The minimum Gasteiger partial charge on any atom is -0.375 e. The summed E-state index contributed by atoms with van der Waals surface area (Å²) < 4.78 is 18.1. The van der Waals surface area contributed by atoms with Gasteiger partial charge in [-0.3, -0.25) is 5.32 Å². The number of benzene rings is 3. The maximum Gasteiger partial charge on any atom is 0.173 e. The van der Waals surface area contributed by atoms with Crippen molar-refractivity contribution in [3.63, 3.8) is 0 Å². The zero-order valence-corrected chi connectivity index (χ0v) is 20.0. The van der Waals surface area contributed by atoms with E-state index >= 15 is 0 Å². The Hall–Kier alpha value is -2.94. The van der Waals surface area contributed by atoms with Gasteiger partial charge in [0.15, 0.2) is 5.72 Å². The molecule has 3 N–H and O–H groups in total. The fourth-order valence-corrected chi connectivity index (χ4v) is 7.47. The summed E-state index contributed by atoms with van der Waals surface area (Å²) >= 11 is 0. The van der Waals surface area contributed by atoms with Crippen LogP contribution in [0, 0.1) is 0 Å². The standard InChI is InChI=1S/C28H28N4O3/c1-28-26(34-3)17(29-2)12-20(35-28)31-18-10-6-4-8-14(18)22-23-16(13-30-27(23)33)21-15-9-5-7-11-19(15)32(28)25(21)24(22)31/h4-11,17,20,26-27,29-30,33H,12-13H2,1-3H3/t17-,20-,26-,27+,28+/m0/s1. The third kappa shape index (κ3) is 2.21. The fraction of sp³-hybridized carbons (Fsp3) is 0.357. The van der Waals surface area contributed by atoms with Gasteiger partial charge in [-0.05, 0) is 31.7 Å². The average Bonchev–Trinajstić information content (AvgIpc) is 3.51. The number of fused-ring (bicyclic) bond motifs is 13. The molecule has 0 saturated carbocycles. The van der Waals surface area contributed by atoms with Crippen LogP contribution >= 0.6 is 0 Å². The Labute approximate surface area is 202 Å². The number of rotatable bonds is 2. The van der Waals surface area contributed by atoms with Crippen LogP contribution in [-0.4, -0.2) is 40.5 Å². The topological polar surface area (TPSA) is 72.6 Å². The highest BCUT2D eigenvalue weighted by Crippen LogP contribution is 2.54. The number of hydrogen-bond acceptors (Lipinski definition) is 5. The van der Waals surface area contributed by atoms with Gasteiger partial charge in [0.1, 0.15) is 18.6 Å². The van der Waals surface area contributed by atoms with Gasteiger partial charge in [0.05, 0.1) is 22.1 Å². The Bertz CT molecular complexity index is 1700. The van der Waals surface area contributed by atoms with Crippen molar-refractivity contribution in [1.82, 2.24) is 19.8 Å². The molecule has 2 aromatic heterocycles. The van der Waals surface area contributed by atoms with Gasteiger partial charge in [0, 0.05) is 53.2 Å². The summed E-state index contributed by atoms with van der Waals surface area (Å²) in [4.78, 5) is 0. The highest BCUT2D eigenvalue weighted by Gasteiger charge is 2.53. The lowest BCUT2D eigenvalue weighted by Crippen LogP contribution is -2.59. The molecule has 1 fully saturated rings. The first-order valence-electron chi connectivity index (χ1n) is 12.4. The molecule has 3 aliphatic heterocycles. The van der Waals surface area contributed by atoms with Gasteiger partial charge in [-0.2, -0.15) is 0 Å². The zero-order chi connectivity index (χ0) is 23.6. The van der Waals surface area contributed by atoms with Gasteiger partial charge in [-0.25, -0.2) is 0 Å².